The van der Waals surface area contributed by atoms with Gasteiger partial charge in [-0.2, -0.15) is 0 Å². The molecule has 0 nitrogen and oxygen atoms in total. The monoisotopic (exact) mass is 546 g/mol. The Balaban J connectivity index is 1.75. The molecule has 0 bridgehead atoms. The topological polar surface area (TPSA) is 0 Å². The van der Waals surface area contributed by atoms with Crippen molar-refractivity contribution in [3.05, 3.63) is 207 Å². The number of benzene rings is 6. The number of fused-ring (bicyclic) bond motifs is 2. The van der Waals surface area contributed by atoms with Gasteiger partial charge in [-0.05, 0) is 89.0 Å². The smallest absolute Gasteiger partial charge is 0.000518 e. The van der Waals surface area contributed by atoms with E-state index in [0.29, 0.717) is 0 Å². The zero-order chi connectivity index (χ0) is 28.6. The summed E-state index contributed by atoms with van der Waals surface area (Å²) in [4.78, 5) is 0. The second-order valence-corrected chi connectivity index (χ2v) is 11.2. The summed E-state index contributed by atoms with van der Waals surface area (Å²) in [5, 5.41) is 5.20. The average Bonchev–Trinajstić information content (AvgIpc) is 3.75. The fourth-order valence-electron chi connectivity index (χ4n) is 6.87. The standard InChI is InChI=1S/C43H30/c1-5-17-30(18-6-1)38(31-19-7-2-8-20-31)43-39(32-25-13-14-26-32)37-29-35-27-15-16-28-36(35)42(37)40(33-21-9-3-10-22-33)41(43)34-23-11-4-12-24-34/h1-25,27-29H,26H2. The van der Waals surface area contributed by atoms with E-state index in [4.69, 9.17) is 0 Å². The highest BCUT2D eigenvalue weighted by atomic mass is 14.3. The van der Waals surface area contributed by atoms with Gasteiger partial charge in [0.15, 0.2) is 0 Å². The number of allylic oxidation sites excluding steroid dienone is 4. The van der Waals surface area contributed by atoms with Gasteiger partial charge in [0.25, 0.3) is 0 Å². The van der Waals surface area contributed by atoms with E-state index >= 15 is 0 Å². The lowest BCUT2D eigenvalue weighted by Crippen LogP contribution is -2.21. The molecule has 2 aliphatic rings. The van der Waals surface area contributed by atoms with Crippen LogP contribution in [0.3, 0.4) is 0 Å². The van der Waals surface area contributed by atoms with Crippen LogP contribution in [0.2, 0.25) is 0 Å². The van der Waals surface area contributed by atoms with Crippen molar-refractivity contribution in [1.82, 2.24) is 0 Å². The van der Waals surface area contributed by atoms with E-state index in [1.54, 1.807) is 0 Å². The van der Waals surface area contributed by atoms with E-state index in [2.05, 4.69) is 170 Å². The first-order valence-corrected chi connectivity index (χ1v) is 15.0. The molecule has 0 aromatic heterocycles. The largest absolute Gasteiger partial charge is 0.0801 e. The second kappa shape index (κ2) is 10.7. The van der Waals surface area contributed by atoms with Crippen molar-refractivity contribution in [1.29, 1.82) is 0 Å². The molecule has 6 aromatic carbocycles. The van der Waals surface area contributed by atoms with Crippen LogP contribution in [0, 0.1) is 10.4 Å². The van der Waals surface area contributed by atoms with Crippen LogP contribution < -0.4 is 10.4 Å². The average molecular weight is 547 g/mol. The van der Waals surface area contributed by atoms with Gasteiger partial charge in [-0.3, -0.25) is 0 Å². The lowest BCUT2D eigenvalue weighted by molar-refractivity contribution is 1.35. The Morgan fingerprint density at radius 3 is 1.60 bits per heavy atom. The van der Waals surface area contributed by atoms with Crippen LogP contribution in [0.15, 0.2) is 164 Å². The van der Waals surface area contributed by atoms with E-state index in [1.165, 1.54) is 76.5 Å². The van der Waals surface area contributed by atoms with E-state index in [0.717, 1.165) is 6.42 Å². The predicted octanol–water partition coefficient (Wildman–Crippen LogP) is 9.04. The van der Waals surface area contributed by atoms with Gasteiger partial charge in [0.05, 0.1) is 0 Å². The molecular weight excluding hydrogens is 516 g/mol. The van der Waals surface area contributed by atoms with Crippen molar-refractivity contribution >= 4 is 17.2 Å². The van der Waals surface area contributed by atoms with Crippen molar-refractivity contribution in [3.63, 3.8) is 0 Å². The molecule has 0 fully saturated rings. The minimum atomic E-state index is 0.916. The SMILES string of the molecule is C1=CCC(c2c3c(c(-c4ccccc4)c(-c4ccccc4)c2=C(c2ccccc2)c2ccccc2)=c2ccccc2=C3)=C1. The van der Waals surface area contributed by atoms with E-state index in [1.807, 2.05) is 0 Å². The van der Waals surface area contributed by atoms with Crippen LogP contribution in [0.1, 0.15) is 28.7 Å². The molecule has 0 saturated heterocycles. The minimum absolute atomic E-state index is 0.916. The third-order valence-electron chi connectivity index (χ3n) is 8.66. The molecule has 0 saturated carbocycles. The van der Waals surface area contributed by atoms with Gasteiger partial charge in [-0.1, -0.05) is 164 Å². The Bertz CT molecular complexity index is 2220. The molecule has 2 aliphatic carbocycles. The molecular formula is C43H30. The third kappa shape index (κ3) is 4.31. The minimum Gasteiger partial charge on any atom is -0.0801 e. The Labute approximate surface area is 252 Å². The molecule has 43 heavy (non-hydrogen) atoms. The van der Waals surface area contributed by atoms with Gasteiger partial charge in [0.2, 0.25) is 0 Å². The second-order valence-electron chi connectivity index (χ2n) is 11.2. The van der Waals surface area contributed by atoms with Gasteiger partial charge in [-0.25, -0.2) is 0 Å². The highest BCUT2D eigenvalue weighted by molar-refractivity contribution is 5.97. The van der Waals surface area contributed by atoms with Crippen LogP contribution in [0.5, 0.6) is 0 Å². The number of rotatable bonds is 5. The maximum Gasteiger partial charge on any atom is -0.000518 e. The molecule has 0 atom stereocenters. The number of hydrogen-bond donors (Lipinski definition) is 0. The fraction of sp³-hybridized carbons (Fsp3) is 0.0233. The summed E-state index contributed by atoms with van der Waals surface area (Å²) in [5.41, 5.74) is 12.7. The van der Waals surface area contributed by atoms with Crippen molar-refractivity contribution < 1.29 is 0 Å². The van der Waals surface area contributed by atoms with Crippen molar-refractivity contribution in [2.45, 2.75) is 6.42 Å². The zero-order valence-electron chi connectivity index (χ0n) is 23.9. The lowest BCUT2D eigenvalue weighted by Gasteiger charge is -2.23. The van der Waals surface area contributed by atoms with Gasteiger partial charge in [0, 0.05) is 0 Å². The molecule has 0 spiro atoms. The summed E-state index contributed by atoms with van der Waals surface area (Å²) in [6.07, 6.45) is 10.2. The predicted molar refractivity (Wildman–Crippen MR) is 180 cm³/mol. The van der Waals surface area contributed by atoms with Crippen LogP contribution in [0.4, 0.5) is 0 Å². The highest BCUT2D eigenvalue weighted by Gasteiger charge is 2.25. The molecule has 0 unspecified atom stereocenters. The zero-order valence-corrected chi connectivity index (χ0v) is 23.9. The van der Waals surface area contributed by atoms with Gasteiger partial charge in [-0.15, -0.1) is 0 Å². The Morgan fingerprint density at radius 2 is 1.02 bits per heavy atom. The molecule has 0 heteroatoms. The summed E-state index contributed by atoms with van der Waals surface area (Å²) >= 11 is 0. The highest BCUT2D eigenvalue weighted by Crippen LogP contribution is 2.39. The van der Waals surface area contributed by atoms with Gasteiger partial charge < -0.3 is 0 Å². The van der Waals surface area contributed by atoms with Crippen molar-refractivity contribution in [3.8, 4) is 22.3 Å². The first-order chi connectivity index (χ1) is 21.4. The first kappa shape index (κ1) is 25.3. The van der Waals surface area contributed by atoms with Crippen molar-refractivity contribution in [2.24, 2.45) is 0 Å². The van der Waals surface area contributed by atoms with Gasteiger partial charge >= 0.3 is 0 Å². The normalized spacial score (nSPS) is 12.8. The maximum atomic E-state index is 2.43. The van der Waals surface area contributed by atoms with E-state index < -0.39 is 0 Å². The quantitative estimate of drug-likeness (QED) is 0.202. The first-order valence-electron chi connectivity index (χ1n) is 15.0. The van der Waals surface area contributed by atoms with Crippen LogP contribution in [0.25, 0.3) is 39.5 Å². The molecule has 0 radical (unpaired) electrons. The Morgan fingerprint density at radius 1 is 0.488 bits per heavy atom. The van der Waals surface area contributed by atoms with E-state index in [9.17, 15) is 0 Å². The molecule has 0 heterocycles. The summed E-state index contributed by atoms with van der Waals surface area (Å²) in [6, 6.07) is 52.8. The molecule has 8 rings (SSSR count). The van der Waals surface area contributed by atoms with E-state index in [-0.39, 0.29) is 0 Å². The fourth-order valence-corrected chi connectivity index (χ4v) is 6.87. The van der Waals surface area contributed by atoms with Crippen LogP contribution in [-0.2, 0) is 0 Å². The summed E-state index contributed by atoms with van der Waals surface area (Å²) in [5.74, 6) is 0. The van der Waals surface area contributed by atoms with Crippen LogP contribution in [-0.4, -0.2) is 0 Å². The third-order valence-corrected chi connectivity index (χ3v) is 8.66. The molecule has 0 N–H and O–H groups in total. The van der Waals surface area contributed by atoms with Crippen molar-refractivity contribution in [2.75, 3.05) is 0 Å². The molecule has 202 valence electrons. The molecule has 0 amide bonds. The maximum absolute atomic E-state index is 2.43. The lowest BCUT2D eigenvalue weighted by atomic mass is 9.80. The van der Waals surface area contributed by atoms with Crippen LogP contribution >= 0.6 is 0 Å². The number of hydrogen-bond acceptors (Lipinski definition) is 0. The Kier molecular flexibility index (Phi) is 6.31. The molecule has 6 aromatic rings. The summed E-state index contributed by atoms with van der Waals surface area (Å²) in [6.45, 7) is 0. The van der Waals surface area contributed by atoms with Gasteiger partial charge in [0.1, 0.15) is 0 Å². The Hall–Kier alpha value is -5.46. The molecule has 0 aliphatic heterocycles. The summed E-state index contributed by atoms with van der Waals surface area (Å²) in [7, 11) is 0. The summed E-state index contributed by atoms with van der Waals surface area (Å²) < 4.78 is 0.